The zero-order chi connectivity index (χ0) is 24.9. The summed E-state index contributed by atoms with van der Waals surface area (Å²) in [5.41, 5.74) is -7.29. The molecule has 0 amide bonds. The molecule has 0 saturated heterocycles. The lowest BCUT2D eigenvalue weighted by Crippen LogP contribution is -2.62. The molecule has 11 unspecified atom stereocenters. The smallest absolute Gasteiger partial charge is 0.303 e. The third-order valence-corrected chi connectivity index (χ3v) is 9.78. The van der Waals surface area contributed by atoms with Crippen molar-refractivity contribution in [1.29, 1.82) is 0 Å². The molecule has 9 nitrogen and oxygen atoms in total. The average Bonchev–Trinajstić information content (AvgIpc) is 2.83. The van der Waals surface area contributed by atoms with Gasteiger partial charge in [0.05, 0.1) is 23.4 Å². The van der Waals surface area contributed by atoms with Crippen LogP contribution in [0.25, 0.3) is 0 Å². The van der Waals surface area contributed by atoms with Crippen molar-refractivity contribution in [2.45, 2.75) is 108 Å². The summed E-state index contributed by atoms with van der Waals surface area (Å²) in [5, 5.41) is 57.7. The molecule has 0 aromatic heterocycles. The minimum atomic E-state index is -1.99. The molecular weight excluding hydrogens is 432 g/mol. The average molecular weight is 471 g/mol. The molecule has 0 aliphatic heterocycles. The zero-order valence-corrected chi connectivity index (χ0v) is 20.2. The van der Waals surface area contributed by atoms with Crippen LogP contribution < -0.4 is 0 Å². The van der Waals surface area contributed by atoms with Crippen LogP contribution in [0.3, 0.4) is 0 Å². The van der Waals surface area contributed by atoms with Gasteiger partial charge >= 0.3 is 11.9 Å². The summed E-state index contributed by atoms with van der Waals surface area (Å²) in [6.45, 7) is 8.88. The van der Waals surface area contributed by atoms with Crippen molar-refractivity contribution in [3.05, 3.63) is 0 Å². The lowest BCUT2D eigenvalue weighted by molar-refractivity contribution is -0.218. The zero-order valence-electron chi connectivity index (χ0n) is 20.2. The van der Waals surface area contributed by atoms with E-state index in [1.54, 1.807) is 20.8 Å². The lowest BCUT2D eigenvalue weighted by Gasteiger charge is -2.52. The Labute approximate surface area is 194 Å². The van der Waals surface area contributed by atoms with Gasteiger partial charge in [-0.3, -0.25) is 9.59 Å². The van der Waals surface area contributed by atoms with E-state index < -0.39 is 75.8 Å². The summed E-state index contributed by atoms with van der Waals surface area (Å²) >= 11 is 0. The van der Waals surface area contributed by atoms with E-state index in [1.165, 1.54) is 20.8 Å². The van der Waals surface area contributed by atoms with Crippen LogP contribution >= 0.6 is 0 Å². The minimum absolute atomic E-state index is 0.00780. The highest BCUT2D eigenvalue weighted by Gasteiger charge is 2.79. The van der Waals surface area contributed by atoms with Crippen molar-refractivity contribution >= 4 is 11.9 Å². The molecule has 4 fully saturated rings. The van der Waals surface area contributed by atoms with Crippen LogP contribution in [-0.2, 0) is 19.1 Å². The first-order valence-corrected chi connectivity index (χ1v) is 11.8. The van der Waals surface area contributed by atoms with E-state index in [1.807, 2.05) is 0 Å². The third kappa shape index (κ3) is 3.02. The maximum Gasteiger partial charge on any atom is 0.303 e. The van der Waals surface area contributed by atoms with Crippen LogP contribution in [0.4, 0.5) is 0 Å². The van der Waals surface area contributed by atoms with E-state index in [0.717, 1.165) is 0 Å². The first kappa shape index (κ1) is 24.9. The second-order valence-corrected chi connectivity index (χ2v) is 12.0. The number of aliphatic hydroxyl groups is 5. The molecule has 2 bridgehead atoms. The quantitative estimate of drug-likeness (QED) is 0.358. The lowest BCUT2D eigenvalue weighted by atomic mass is 9.57. The maximum atomic E-state index is 12.2. The largest absolute Gasteiger partial charge is 0.462 e. The van der Waals surface area contributed by atoms with Crippen LogP contribution in [0.5, 0.6) is 0 Å². The Bertz CT molecular complexity index is 851. The van der Waals surface area contributed by atoms with Gasteiger partial charge in [-0.25, -0.2) is 0 Å². The molecule has 4 saturated carbocycles. The van der Waals surface area contributed by atoms with Gasteiger partial charge in [0.15, 0.2) is 0 Å². The van der Waals surface area contributed by atoms with Crippen LogP contribution in [0.2, 0.25) is 0 Å². The SMILES string of the molecule is CC(=O)OC1C2CCC3C(C)(O)C4C(O)C(O)C(C)(C)C4(O)C(OC(C)=O)CC13CC2(C)O. The molecule has 0 aromatic rings. The number of rotatable bonds is 2. The molecule has 0 heterocycles. The fourth-order valence-corrected chi connectivity index (χ4v) is 8.59. The van der Waals surface area contributed by atoms with Crippen molar-refractivity contribution in [3.63, 3.8) is 0 Å². The fraction of sp³-hybridized carbons (Fsp3) is 0.917. The summed E-state index contributed by atoms with van der Waals surface area (Å²) < 4.78 is 11.5. The van der Waals surface area contributed by atoms with Gasteiger partial charge in [0.25, 0.3) is 0 Å². The minimum Gasteiger partial charge on any atom is -0.462 e. The third-order valence-electron chi connectivity index (χ3n) is 9.78. The Kier molecular flexibility index (Phi) is 5.37. The monoisotopic (exact) mass is 470 g/mol. The van der Waals surface area contributed by atoms with Gasteiger partial charge in [-0.15, -0.1) is 0 Å². The van der Waals surface area contributed by atoms with Gasteiger partial charge in [-0.05, 0) is 45.4 Å². The second-order valence-electron chi connectivity index (χ2n) is 12.0. The van der Waals surface area contributed by atoms with Crippen molar-refractivity contribution in [2.75, 3.05) is 0 Å². The summed E-state index contributed by atoms with van der Waals surface area (Å²) in [6, 6.07) is 0. The van der Waals surface area contributed by atoms with E-state index in [4.69, 9.17) is 9.47 Å². The second kappa shape index (κ2) is 7.13. The Morgan fingerprint density at radius 1 is 0.909 bits per heavy atom. The molecule has 4 rings (SSSR count). The van der Waals surface area contributed by atoms with Crippen LogP contribution in [-0.4, -0.2) is 78.7 Å². The summed E-state index contributed by atoms with van der Waals surface area (Å²) in [6.07, 6.45) is -3.74. The van der Waals surface area contributed by atoms with E-state index in [2.05, 4.69) is 0 Å². The van der Waals surface area contributed by atoms with E-state index in [9.17, 15) is 35.1 Å². The molecule has 5 N–H and O–H groups in total. The first-order valence-electron chi connectivity index (χ1n) is 11.8. The van der Waals surface area contributed by atoms with Crippen molar-refractivity contribution < 1.29 is 44.6 Å². The maximum absolute atomic E-state index is 12.2. The summed E-state index contributed by atoms with van der Waals surface area (Å²) in [4.78, 5) is 24.3. The Morgan fingerprint density at radius 3 is 2.03 bits per heavy atom. The number of hydrogen-bond acceptors (Lipinski definition) is 9. The molecule has 0 radical (unpaired) electrons. The first-order chi connectivity index (χ1) is 14.9. The molecule has 4 aliphatic rings. The highest BCUT2D eigenvalue weighted by atomic mass is 16.6. The number of aliphatic hydroxyl groups excluding tert-OH is 2. The highest BCUT2D eigenvalue weighted by Crippen LogP contribution is 2.70. The molecule has 11 atom stereocenters. The standard InChI is InChI=1S/C24H38O9/c1-11(25)32-15-9-23-10-21(5,29)13(19(23)33-12(2)26)7-8-14(23)22(6,30)17-16(27)18(28)20(3,4)24(15,17)31/h13-19,27-31H,7-10H2,1-6H3. The van der Waals surface area contributed by atoms with E-state index >= 15 is 0 Å². The van der Waals surface area contributed by atoms with Gasteiger partial charge in [-0.2, -0.15) is 0 Å². The van der Waals surface area contributed by atoms with Crippen molar-refractivity contribution in [3.8, 4) is 0 Å². The number of carbonyl (C=O) groups is 2. The Balaban J connectivity index is 1.98. The normalized spacial score (nSPS) is 54.7. The topological polar surface area (TPSA) is 154 Å². The van der Waals surface area contributed by atoms with Crippen molar-refractivity contribution in [2.24, 2.45) is 28.6 Å². The molecule has 33 heavy (non-hydrogen) atoms. The van der Waals surface area contributed by atoms with Crippen molar-refractivity contribution in [1.82, 2.24) is 0 Å². The molecule has 188 valence electrons. The van der Waals surface area contributed by atoms with Gasteiger partial charge in [0, 0.05) is 36.5 Å². The van der Waals surface area contributed by atoms with Gasteiger partial charge in [0.1, 0.15) is 17.8 Å². The predicted octanol–water partition coefficient (Wildman–Crippen LogP) is 0.281. The predicted molar refractivity (Wildman–Crippen MR) is 114 cm³/mol. The van der Waals surface area contributed by atoms with Gasteiger partial charge in [-0.1, -0.05) is 13.8 Å². The van der Waals surface area contributed by atoms with Crippen LogP contribution in [0.1, 0.15) is 67.2 Å². The number of hydrogen-bond donors (Lipinski definition) is 5. The number of esters is 2. The van der Waals surface area contributed by atoms with Gasteiger partial charge < -0.3 is 35.0 Å². The number of ether oxygens (including phenoxy) is 2. The fourth-order valence-electron chi connectivity index (χ4n) is 8.59. The summed E-state index contributed by atoms with van der Waals surface area (Å²) in [5.74, 6) is -3.42. The van der Waals surface area contributed by atoms with Crippen LogP contribution in [0.15, 0.2) is 0 Å². The highest BCUT2D eigenvalue weighted by molar-refractivity contribution is 5.67. The van der Waals surface area contributed by atoms with Gasteiger partial charge in [0.2, 0.25) is 0 Å². The molecular formula is C24H38O9. The summed E-state index contributed by atoms with van der Waals surface area (Å²) in [7, 11) is 0. The molecule has 9 heteroatoms. The molecule has 0 aromatic carbocycles. The molecule has 4 aliphatic carbocycles. The number of carbonyl (C=O) groups excluding carboxylic acids is 2. The van der Waals surface area contributed by atoms with Crippen LogP contribution in [0, 0.1) is 28.6 Å². The molecule has 1 spiro atoms. The van der Waals surface area contributed by atoms with E-state index in [-0.39, 0.29) is 18.8 Å². The number of fused-ring (bicyclic) bond motifs is 2. The Hall–Kier alpha value is -1.26. The Morgan fingerprint density at radius 2 is 1.48 bits per heavy atom. The van der Waals surface area contributed by atoms with E-state index in [0.29, 0.717) is 12.8 Å².